The maximum atomic E-state index is 10.7. The third kappa shape index (κ3) is 3.34. The fraction of sp³-hybridized carbons (Fsp3) is 0.526. The fourth-order valence-electron chi connectivity index (χ4n) is 2.78. The number of allylic oxidation sites excluding steroid dienone is 1. The number of benzene rings is 1. The van der Waals surface area contributed by atoms with Crippen molar-refractivity contribution in [3.05, 3.63) is 42.0 Å². The van der Waals surface area contributed by atoms with Gasteiger partial charge in [-0.2, -0.15) is 5.26 Å². The van der Waals surface area contributed by atoms with Gasteiger partial charge in [0.25, 0.3) is 0 Å². The van der Waals surface area contributed by atoms with Crippen LogP contribution in [-0.4, -0.2) is 11.7 Å². The maximum absolute atomic E-state index is 10.7. The van der Waals surface area contributed by atoms with Crippen molar-refractivity contribution < 1.29 is 9.84 Å². The quantitative estimate of drug-likeness (QED) is 0.764. The minimum atomic E-state index is -0.830. The number of nitriles is 1. The van der Waals surface area contributed by atoms with Gasteiger partial charge in [-0.1, -0.05) is 19.9 Å². The lowest BCUT2D eigenvalue weighted by Gasteiger charge is -2.38. The van der Waals surface area contributed by atoms with E-state index >= 15 is 0 Å². The molecule has 3 nitrogen and oxygen atoms in total. The van der Waals surface area contributed by atoms with Gasteiger partial charge in [0.15, 0.2) is 0 Å². The minimum absolute atomic E-state index is 0.0369. The third-order valence-corrected chi connectivity index (χ3v) is 4.86. The van der Waals surface area contributed by atoms with Gasteiger partial charge >= 0.3 is 0 Å². The average molecular weight is 299 g/mol. The van der Waals surface area contributed by atoms with E-state index in [0.29, 0.717) is 17.9 Å². The highest BCUT2D eigenvalue weighted by Gasteiger charge is 2.39. The largest absolute Gasteiger partial charge is 0.493 e. The summed E-state index contributed by atoms with van der Waals surface area (Å²) in [7, 11) is 0. The van der Waals surface area contributed by atoms with E-state index in [-0.39, 0.29) is 5.41 Å². The van der Waals surface area contributed by atoms with Crippen molar-refractivity contribution in [2.24, 2.45) is 5.41 Å². The Labute approximate surface area is 133 Å². The lowest BCUT2D eigenvalue weighted by molar-refractivity contribution is -0.0414. The highest BCUT2D eigenvalue weighted by Crippen LogP contribution is 2.45. The molecule has 118 valence electrons. The smallest absolute Gasteiger partial charge is 0.125 e. The van der Waals surface area contributed by atoms with Crippen molar-refractivity contribution >= 4 is 0 Å². The summed E-state index contributed by atoms with van der Waals surface area (Å²) in [5.41, 5.74) is 0.528. The van der Waals surface area contributed by atoms with Crippen LogP contribution in [0.5, 0.6) is 5.75 Å². The van der Waals surface area contributed by atoms with E-state index < -0.39 is 5.60 Å². The highest BCUT2D eigenvalue weighted by molar-refractivity contribution is 5.46. The summed E-state index contributed by atoms with van der Waals surface area (Å²) in [5.74, 6) is 0.699. The van der Waals surface area contributed by atoms with Crippen LogP contribution in [-0.2, 0) is 5.60 Å². The van der Waals surface area contributed by atoms with Gasteiger partial charge in [-0.15, -0.1) is 6.58 Å². The topological polar surface area (TPSA) is 53.2 Å². The van der Waals surface area contributed by atoms with Gasteiger partial charge in [0, 0.05) is 11.0 Å². The molecule has 0 radical (unpaired) electrons. The van der Waals surface area contributed by atoms with Crippen LogP contribution in [0.25, 0.3) is 0 Å². The van der Waals surface area contributed by atoms with E-state index in [0.717, 1.165) is 37.7 Å². The molecule has 1 fully saturated rings. The molecule has 22 heavy (non-hydrogen) atoms. The van der Waals surface area contributed by atoms with Crippen LogP contribution < -0.4 is 4.74 Å². The molecule has 1 aliphatic rings. The Morgan fingerprint density at radius 2 is 2.23 bits per heavy atom. The SMILES string of the molecule is C=CCC(C)(CC)COc1ccc(C#N)cc1C1(O)CCC1. The van der Waals surface area contributed by atoms with Gasteiger partial charge in [0.2, 0.25) is 0 Å². The summed E-state index contributed by atoms with van der Waals surface area (Å²) in [6.45, 7) is 8.71. The second kappa shape index (κ2) is 6.54. The molecule has 1 saturated carbocycles. The molecule has 1 aromatic carbocycles. The van der Waals surface area contributed by atoms with Gasteiger partial charge in [-0.05, 0) is 50.3 Å². The van der Waals surface area contributed by atoms with Crippen molar-refractivity contribution in [3.63, 3.8) is 0 Å². The van der Waals surface area contributed by atoms with Crippen LogP contribution in [0.1, 0.15) is 57.1 Å². The molecule has 1 N–H and O–H groups in total. The summed E-state index contributed by atoms with van der Waals surface area (Å²) in [4.78, 5) is 0. The zero-order valence-corrected chi connectivity index (χ0v) is 13.6. The first-order valence-corrected chi connectivity index (χ1v) is 7.97. The van der Waals surface area contributed by atoms with Crippen molar-refractivity contribution in [3.8, 4) is 11.8 Å². The first-order chi connectivity index (χ1) is 10.5. The predicted octanol–water partition coefficient (Wildman–Crippen LogP) is 4.30. The summed E-state index contributed by atoms with van der Waals surface area (Å²) in [6, 6.07) is 7.47. The van der Waals surface area contributed by atoms with E-state index in [1.54, 1.807) is 12.1 Å². The molecule has 3 heteroatoms. The van der Waals surface area contributed by atoms with Gasteiger partial charge in [-0.3, -0.25) is 0 Å². The molecule has 0 heterocycles. The Morgan fingerprint density at radius 1 is 1.50 bits per heavy atom. The second-order valence-electron chi connectivity index (χ2n) is 6.65. The Bertz CT molecular complexity index is 584. The average Bonchev–Trinajstić information content (AvgIpc) is 2.51. The van der Waals surface area contributed by atoms with Gasteiger partial charge in [0.05, 0.1) is 23.8 Å². The van der Waals surface area contributed by atoms with E-state index in [4.69, 9.17) is 10.00 Å². The summed E-state index contributed by atoms with van der Waals surface area (Å²) in [5, 5.41) is 19.8. The number of aliphatic hydroxyl groups is 1. The fourth-order valence-corrected chi connectivity index (χ4v) is 2.78. The van der Waals surface area contributed by atoms with Crippen molar-refractivity contribution in [2.75, 3.05) is 6.61 Å². The number of rotatable bonds is 7. The van der Waals surface area contributed by atoms with E-state index in [9.17, 15) is 5.11 Å². The van der Waals surface area contributed by atoms with Crippen LogP contribution in [0.4, 0.5) is 0 Å². The molecule has 0 amide bonds. The minimum Gasteiger partial charge on any atom is -0.493 e. The van der Waals surface area contributed by atoms with E-state index in [2.05, 4.69) is 26.5 Å². The van der Waals surface area contributed by atoms with E-state index in [1.807, 2.05) is 12.1 Å². The summed E-state index contributed by atoms with van der Waals surface area (Å²) >= 11 is 0. The molecule has 1 aromatic rings. The zero-order chi connectivity index (χ0) is 16.2. The Morgan fingerprint density at radius 3 is 2.73 bits per heavy atom. The van der Waals surface area contributed by atoms with Crippen LogP contribution >= 0.6 is 0 Å². The third-order valence-electron chi connectivity index (χ3n) is 4.86. The first kappa shape index (κ1) is 16.6. The van der Waals surface area contributed by atoms with Crippen molar-refractivity contribution in [2.45, 2.75) is 51.6 Å². The van der Waals surface area contributed by atoms with Gasteiger partial charge < -0.3 is 9.84 Å². The molecule has 1 unspecified atom stereocenters. The highest BCUT2D eigenvalue weighted by atomic mass is 16.5. The van der Waals surface area contributed by atoms with Crippen LogP contribution in [0.3, 0.4) is 0 Å². The van der Waals surface area contributed by atoms with Crippen LogP contribution in [0.2, 0.25) is 0 Å². The predicted molar refractivity (Wildman–Crippen MR) is 87.6 cm³/mol. The van der Waals surface area contributed by atoms with Crippen LogP contribution in [0.15, 0.2) is 30.9 Å². The lowest BCUT2D eigenvalue weighted by Crippen LogP contribution is -2.34. The molecule has 1 aliphatic carbocycles. The molecule has 0 aromatic heterocycles. The molecular formula is C19H25NO2. The zero-order valence-electron chi connectivity index (χ0n) is 13.6. The number of hydrogen-bond donors (Lipinski definition) is 1. The molecule has 0 bridgehead atoms. The van der Waals surface area contributed by atoms with Crippen molar-refractivity contribution in [1.82, 2.24) is 0 Å². The van der Waals surface area contributed by atoms with Crippen molar-refractivity contribution in [1.29, 1.82) is 5.26 Å². The molecule has 1 atom stereocenters. The Kier molecular flexibility index (Phi) is 4.93. The second-order valence-corrected chi connectivity index (χ2v) is 6.65. The molecule has 0 spiro atoms. The summed E-state index contributed by atoms with van der Waals surface area (Å²) < 4.78 is 6.05. The molecule has 0 saturated heterocycles. The van der Waals surface area contributed by atoms with Gasteiger partial charge in [-0.25, -0.2) is 0 Å². The summed E-state index contributed by atoms with van der Waals surface area (Å²) in [6.07, 6.45) is 6.28. The Hall–Kier alpha value is -1.79. The Balaban J connectivity index is 2.24. The maximum Gasteiger partial charge on any atom is 0.125 e. The molecule has 0 aliphatic heterocycles. The number of nitrogens with zero attached hydrogens (tertiary/aromatic N) is 1. The molecular weight excluding hydrogens is 274 g/mol. The first-order valence-electron chi connectivity index (χ1n) is 7.97. The number of ether oxygens (including phenoxy) is 1. The van der Waals surface area contributed by atoms with Crippen LogP contribution in [0, 0.1) is 16.7 Å². The monoisotopic (exact) mass is 299 g/mol. The number of hydrogen-bond acceptors (Lipinski definition) is 3. The van der Waals surface area contributed by atoms with E-state index in [1.165, 1.54) is 0 Å². The molecule has 2 rings (SSSR count). The lowest BCUT2D eigenvalue weighted by atomic mass is 9.74. The normalized spacial score (nSPS) is 18.6. The van der Waals surface area contributed by atoms with Gasteiger partial charge in [0.1, 0.15) is 5.75 Å². The standard InChI is InChI=1S/C19H25NO2/c1-4-9-18(3,5-2)14-22-17-8-7-15(13-20)12-16(17)19(21)10-6-11-19/h4,7-8,12,21H,1,5-6,9-11,14H2,2-3H3.